The van der Waals surface area contributed by atoms with Crippen molar-refractivity contribution in [2.75, 3.05) is 14.2 Å². The second kappa shape index (κ2) is 5.43. The summed E-state index contributed by atoms with van der Waals surface area (Å²) in [5.74, 6) is -1.39. The summed E-state index contributed by atoms with van der Waals surface area (Å²) >= 11 is 0. The van der Waals surface area contributed by atoms with Crippen LogP contribution in [0.2, 0.25) is 0 Å². The molecule has 110 valence electrons. The molecule has 0 amide bonds. The smallest absolute Gasteiger partial charge is 0.334 e. The van der Waals surface area contributed by atoms with E-state index in [-0.39, 0.29) is 11.4 Å². The lowest BCUT2D eigenvalue weighted by atomic mass is 9.65. The first kappa shape index (κ1) is 14.8. The summed E-state index contributed by atoms with van der Waals surface area (Å²) in [5, 5.41) is 0. The van der Waals surface area contributed by atoms with Crippen molar-refractivity contribution in [3.05, 3.63) is 22.8 Å². The Labute approximate surface area is 119 Å². The number of carbonyl (C=O) groups excluding carboxylic acids is 2. The molecule has 0 aliphatic heterocycles. The van der Waals surface area contributed by atoms with Gasteiger partial charge in [-0.3, -0.25) is 4.79 Å². The Bertz CT molecular complexity index is 497. The predicted molar refractivity (Wildman–Crippen MR) is 74.9 cm³/mol. The maximum absolute atomic E-state index is 12.2. The van der Waals surface area contributed by atoms with Gasteiger partial charge in [0.2, 0.25) is 0 Å². The van der Waals surface area contributed by atoms with Gasteiger partial charge in [-0.25, -0.2) is 4.79 Å². The van der Waals surface area contributed by atoms with Gasteiger partial charge in [0.05, 0.1) is 19.8 Å². The molecule has 1 unspecified atom stereocenters. The molecule has 2 rings (SSSR count). The average Bonchev–Trinajstić information content (AvgIpc) is 2.44. The number of ether oxygens (including phenoxy) is 2. The summed E-state index contributed by atoms with van der Waals surface area (Å²) in [7, 11) is 2.70. The maximum atomic E-state index is 12.2. The van der Waals surface area contributed by atoms with Crippen molar-refractivity contribution >= 4 is 11.9 Å². The van der Waals surface area contributed by atoms with E-state index in [9.17, 15) is 9.59 Å². The van der Waals surface area contributed by atoms with E-state index in [0.717, 1.165) is 31.3 Å². The van der Waals surface area contributed by atoms with Gasteiger partial charge >= 0.3 is 11.9 Å². The van der Waals surface area contributed by atoms with E-state index in [0.29, 0.717) is 5.57 Å². The zero-order chi connectivity index (χ0) is 14.9. The van der Waals surface area contributed by atoms with Crippen molar-refractivity contribution in [1.82, 2.24) is 0 Å². The highest BCUT2D eigenvalue weighted by Crippen LogP contribution is 2.48. The molecule has 0 aromatic heterocycles. The fourth-order valence-corrected chi connectivity index (χ4v) is 3.41. The van der Waals surface area contributed by atoms with Crippen molar-refractivity contribution in [1.29, 1.82) is 0 Å². The number of rotatable bonds is 2. The minimum Gasteiger partial charge on any atom is -0.468 e. The molecule has 4 nitrogen and oxygen atoms in total. The average molecular weight is 278 g/mol. The van der Waals surface area contributed by atoms with E-state index in [1.54, 1.807) is 0 Å². The van der Waals surface area contributed by atoms with E-state index in [2.05, 4.69) is 13.8 Å². The third kappa shape index (κ3) is 2.39. The summed E-state index contributed by atoms with van der Waals surface area (Å²) in [6.07, 6.45) is 5.56. The number of carbonyl (C=O) groups is 2. The molecule has 20 heavy (non-hydrogen) atoms. The van der Waals surface area contributed by atoms with Gasteiger partial charge in [-0.05, 0) is 31.1 Å². The van der Waals surface area contributed by atoms with Crippen LogP contribution in [0.3, 0.4) is 0 Å². The van der Waals surface area contributed by atoms with Crippen LogP contribution in [0.4, 0.5) is 0 Å². The molecule has 0 bridgehead atoms. The summed E-state index contributed by atoms with van der Waals surface area (Å²) in [5.41, 5.74) is 2.86. The maximum Gasteiger partial charge on any atom is 0.334 e. The Morgan fingerprint density at radius 2 is 1.95 bits per heavy atom. The predicted octanol–water partition coefficient (Wildman–Crippen LogP) is 2.79. The van der Waals surface area contributed by atoms with Crippen molar-refractivity contribution in [3.8, 4) is 0 Å². The van der Waals surface area contributed by atoms with Crippen molar-refractivity contribution in [3.63, 3.8) is 0 Å². The quantitative estimate of drug-likeness (QED) is 0.575. The zero-order valence-corrected chi connectivity index (χ0v) is 12.6. The largest absolute Gasteiger partial charge is 0.468 e. The van der Waals surface area contributed by atoms with Crippen LogP contribution < -0.4 is 0 Å². The van der Waals surface area contributed by atoms with Gasteiger partial charge < -0.3 is 9.47 Å². The standard InChI is InChI=1S/C16H22O4/c1-16(2)9-5-6-10-12(16)8-7-11(14(17)19-3)13(10)15(18)20-4/h7,13H,5-6,8-9H2,1-4H3. The third-order valence-corrected chi connectivity index (χ3v) is 4.50. The van der Waals surface area contributed by atoms with E-state index in [1.807, 2.05) is 6.08 Å². The van der Waals surface area contributed by atoms with Crippen molar-refractivity contribution in [2.24, 2.45) is 11.3 Å². The summed E-state index contributed by atoms with van der Waals surface area (Å²) in [4.78, 5) is 24.1. The topological polar surface area (TPSA) is 52.6 Å². The Morgan fingerprint density at radius 1 is 1.25 bits per heavy atom. The molecule has 2 aliphatic carbocycles. The van der Waals surface area contributed by atoms with Crippen LogP contribution in [0.1, 0.15) is 39.5 Å². The molecule has 2 aliphatic rings. The van der Waals surface area contributed by atoms with Gasteiger partial charge in [0, 0.05) is 0 Å². The van der Waals surface area contributed by atoms with Crippen LogP contribution in [-0.4, -0.2) is 26.2 Å². The molecule has 0 saturated carbocycles. The summed E-state index contributed by atoms with van der Waals surface area (Å²) in [6.45, 7) is 4.40. The molecular formula is C16H22O4. The molecule has 0 aromatic carbocycles. The van der Waals surface area contributed by atoms with Crippen LogP contribution >= 0.6 is 0 Å². The number of methoxy groups -OCH3 is 2. The first-order valence-corrected chi connectivity index (χ1v) is 7.01. The van der Waals surface area contributed by atoms with Crippen LogP contribution in [-0.2, 0) is 19.1 Å². The van der Waals surface area contributed by atoms with Crippen LogP contribution in [0.5, 0.6) is 0 Å². The van der Waals surface area contributed by atoms with Gasteiger partial charge in [0.25, 0.3) is 0 Å². The first-order chi connectivity index (χ1) is 9.42. The molecule has 1 atom stereocenters. The van der Waals surface area contributed by atoms with E-state index in [4.69, 9.17) is 9.47 Å². The van der Waals surface area contributed by atoms with Crippen molar-refractivity contribution in [2.45, 2.75) is 39.5 Å². The molecule has 0 N–H and O–H groups in total. The van der Waals surface area contributed by atoms with Crippen LogP contribution in [0.25, 0.3) is 0 Å². The Balaban J connectivity index is 2.47. The monoisotopic (exact) mass is 278 g/mol. The molecular weight excluding hydrogens is 256 g/mol. The van der Waals surface area contributed by atoms with Gasteiger partial charge in [0.15, 0.2) is 0 Å². The van der Waals surface area contributed by atoms with Crippen molar-refractivity contribution < 1.29 is 19.1 Å². The van der Waals surface area contributed by atoms with Crippen LogP contribution in [0, 0.1) is 11.3 Å². The summed E-state index contributed by atoms with van der Waals surface area (Å²) in [6, 6.07) is 0. The van der Waals surface area contributed by atoms with Gasteiger partial charge in [0.1, 0.15) is 5.92 Å². The first-order valence-electron chi connectivity index (χ1n) is 7.01. The zero-order valence-electron chi connectivity index (χ0n) is 12.6. The molecule has 0 heterocycles. The second-order valence-electron chi connectivity index (χ2n) is 6.05. The molecule has 0 fully saturated rings. The van der Waals surface area contributed by atoms with Gasteiger partial charge in [-0.1, -0.05) is 31.1 Å². The molecule has 4 heteroatoms. The Kier molecular flexibility index (Phi) is 4.02. The Hall–Kier alpha value is -1.58. The minimum absolute atomic E-state index is 0.0814. The van der Waals surface area contributed by atoms with Gasteiger partial charge in [-0.15, -0.1) is 0 Å². The highest BCUT2D eigenvalue weighted by atomic mass is 16.5. The number of esters is 2. The summed E-state index contributed by atoms with van der Waals surface area (Å²) < 4.78 is 9.72. The van der Waals surface area contributed by atoms with E-state index >= 15 is 0 Å². The molecule has 0 radical (unpaired) electrons. The fourth-order valence-electron chi connectivity index (χ4n) is 3.41. The van der Waals surface area contributed by atoms with Crippen LogP contribution in [0.15, 0.2) is 22.8 Å². The molecule has 0 spiro atoms. The number of hydrogen-bond acceptors (Lipinski definition) is 4. The minimum atomic E-state index is -0.587. The number of allylic oxidation sites excluding steroid dienone is 2. The molecule has 0 saturated heterocycles. The molecule has 0 aromatic rings. The number of hydrogen-bond donors (Lipinski definition) is 0. The lowest BCUT2D eigenvalue weighted by Gasteiger charge is -2.39. The highest BCUT2D eigenvalue weighted by molar-refractivity contribution is 5.98. The normalized spacial score (nSPS) is 24.6. The van der Waals surface area contributed by atoms with Gasteiger partial charge in [-0.2, -0.15) is 0 Å². The SMILES string of the molecule is COC(=O)C1=CCC2=C(CCCC2(C)C)C1C(=O)OC. The van der Waals surface area contributed by atoms with E-state index in [1.165, 1.54) is 19.8 Å². The fraction of sp³-hybridized carbons (Fsp3) is 0.625. The van der Waals surface area contributed by atoms with E-state index < -0.39 is 11.9 Å². The lowest BCUT2D eigenvalue weighted by molar-refractivity contribution is -0.146. The second-order valence-corrected chi connectivity index (χ2v) is 6.05. The lowest BCUT2D eigenvalue weighted by Crippen LogP contribution is -2.33. The highest BCUT2D eigenvalue weighted by Gasteiger charge is 2.41. The third-order valence-electron chi connectivity index (χ3n) is 4.50. The Morgan fingerprint density at radius 3 is 2.55 bits per heavy atom.